The number of hydrogen-bond acceptors (Lipinski definition) is 4. The number of rotatable bonds is 4. The second-order valence-corrected chi connectivity index (χ2v) is 7.56. The maximum Gasteiger partial charge on any atom is 0.0603 e. The Labute approximate surface area is 134 Å². The molecule has 4 nitrogen and oxygen atoms in total. The van der Waals surface area contributed by atoms with Crippen LogP contribution in [0.3, 0.4) is 0 Å². The minimum Gasteiger partial charge on any atom is -0.393 e. The van der Waals surface area contributed by atoms with Gasteiger partial charge in [-0.2, -0.15) is 0 Å². The van der Waals surface area contributed by atoms with Gasteiger partial charge in [0, 0.05) is 0 Å². The van der Waals surface area contributed by atoms with E-state index in [9.17, 15) is 10.2 Å². The fourth-order valence-electron chi connectivity index (χ4n) is 4.34. The molecule has 4 atom stereocenters. The lowest BCUT2D eigenvalue weighted by atomic mass is 9.91. The van der Waals surface area contributed by atoms with Gasteiger partial charge in [-0.1, -0.05) is 0 Å². The Balaban J connectivity index is 1.35. The largest absolute Gasteiger partial charge is 0.393 e. The summed E-state index contributed by atoms with van der Waals surface area (Å²) in [6.07, 6.45) is 13.1. The molecule has 0 saturated heterocycles. The molecule has 3 fully saturated rings. The normalized spacial score (nSPS) is 43.9. The monoisotopic (exact) mass is 312 g/mol. The van der Waals surface area contributed by atoms with Crippen LogP contribution < -0.4 is 0 Å². The molecule has 128 valence electrons. The van der Waals surface area contributed by atoms with Crippen LogP contribution in [0.1, 0.15) is 77.0 Å². The first-order chi connectivity index (χ1) is 10.7. The zero-order chi connectivity index (χ0) is 15.4. The zero-order valence-electron chi connectivity index (χ0n) is 13.7. The number of hydrogen-bond donors (Lipinski definition) is 2. The molecule has 22 heavy (non-hydrogen) atoms. The van der Waals surface area contributed by atoms with E-state index >= 15 is 0 Å². The molecule has 2 N–H and O–H groups in total. The third-order valence-electron chi connectivity index (χ3n) is 5.59. The summed E-state index contributed by atoms with van der Waals surface area (Å²) < 4.78 is 12.4. The quantitative estimate of drug-likeness (QED) is 0.838. The molecule has 0 heterocycles. The SMILES string of the molecule is OC1CCCC(OC2CCC(OC3CCCC(O)C3)CC2)C1. The molecular formula is C18H32O4. The van der Waals surface area contributed by atoms with Crippen molar-refractivity contribution in [2.24, 2.45) is 0 Å². The highest BCUT2D eigenvalue weighted by Crippen LogP contribution is 2.31. The molecule has 3 saturated carbocycles. The Kier molecular flexibility index (Phi) is 6.14. The number of aliphatic hydroxyl groups excluding tert-OH is 2. The average Bonchev–Trinajstić information content (AvgIpc) is 2.49. The lowest BCUT2D eigenvalue weighted by Crippen LogP contribution is -2.35. The van der Waals surface area contributed by atoms with Crippen molar-refractivity contribution < 1.29 is 19.7 Å². The Morgan fingerprint density at radius 3 is 1.27 bits per heavy atom. The van der Waals surface area contributed by atoms with Gasteiger partial charge in [-0.25, -0.2) is 0 Å². The van der Waals surface area contributed by atoms with E-state index in [1.807, 2.05) is 0 Å². The van der Waals surface area contributed by atoms with Crippen LogP contribution in [0.2, 0.25) is 0 Å². The van der Waals surface area contributed by atoms with E-state index in [1.165, 1.54) is 0 Å². The standard InChI is InChI=1S/C18H32O4/c19-13-3-1-5-17(11-13)21-15-7-9-16(10-8-15)22-18-6-2-4-14(20)12-18/h13-20H,1-12H2. The van der Waals surface area contributed by atoms with Crippen molar-refractivity contribution in [1.82, 2.24) is 0 Å². The maximum absolute atomic E-state index is 9.73. The summed E-state index contributed by atoms with van der Waals surface area (Å²) in [6, 6.07) is 0. The highest BCUT2D eigenvalue weighted by molar-refractivity contribution is 4.80. The minimum atomic E-state index is -0.156. The molecule has 0 radical (unpaired) electrons. The van der Waals surface area contributed by atoms with Crippen molar-refractivity contribution in [3.63, 3.8) is 0 Å². The third kappa shape index (κ3) is 4.92. The fourth-order valence-corrected chi connectivity index (χ4v) is 4.34. The summed E-state index contributed by atoms with van der Waals surface area (Å²) in [5.41, 5.74) is 0. The Hall–Kier alpha value is -0.160. The summed E-state index contributed by atoms with van der Waals surface area (Å²) >= 11 is 0. The molecule has 0 amide bonds. The first-order valence-electron chi connectivity index (χ1n) is 9.36. The molecule has 4 unspecified atom stereocenters. The van der Waals surface area contributed by atoms with Gasteiger partial charge in [-0.3, -0.25) is 0 Å². The summed E-state index contributed by atoms with van der Waals surface area (Å²) in [4.78, 5) is 0. The molecule has 3 aliphatic carbocycles. The van der Waals surface area contributed by atoms with Crippen molar-refractivity contribution in [1.29, 1.82) is 0 Å². The Morgan fingerprint density at radius 2 is 0.909 bits per heavy atom. The smallest absolute Gasteiger partial charge is 0.0603 e. The molecule has 0 aliphatic heterocycles. The zero-order valence-corrected chi connectivity index (χ0v) is 13.7. The van der Waals surface area contributed by atoms with Crippen molar-refractivity contribution in [2.45, 2.75) is 114 Å². The van der Waals surface area contributed by atoms with E-state index in [0.29, 0.717) is 12.2 Å². The molecule has 4 heteroatoms. The van der Waals surface area contributed by atoms with E-state index in [0.717, 1.165) is 77.0 Å². The van der Waals surface area contributed by atoms with Crippen LogP contribution in [-0.4, -0.2) is 46.8 Å². The van der Waals surface area contributed by atoms with Gasteiger partial charge >= 0.3 is 0 Å². The molecule has 3 aliphatic rings. The topological polar surface area (TPSA) is 58.9 Å². The average molecular weight is 312 g/mol. The van der Waals surface area contributed by atoms with Crippen LogP contribution in [0.15, 0.2) is 0 Å². The molecule has 0 aromatic heterocycles. The van der Waals surface area contributed by atoms with Crippen LogP contribution in [0.25, 0.3) is 0 Å². The lowest BCUT2D eigenvalue weighted by molar-refractivity contribution is -0.107. The van der Waals surface area contributed by atoms with Crippen molar-refractivity contribution in [3.8, 4) is 0 Å². The van der Waals surface area contributed by atoms with Gasteiger partial charge in [0.25, 0.3) is 0 Å². The maximum atomic E-state index is 9.73. The van der Waals surface area contributed by atoms with Crippen LogP contribution in [0.4, 0.5) is 0 Å². The van der Waals surface area contributed by atoms with Gasteiger partial charge in [0.2, 0.25) is 0 Å². The summed E-state index contributed by atoms with van der Waals surface area (Å²) in [5, 5.41) is 19.5. The molecular weight excluding hydrogens is 280 g/mol. The van der Waals surface area contributed by atoms with Gasteiger partial charge < -0.3 is 19.7 Å². The van der Waals surface area contributed by atoms with Crippen molar-refractivity contribution in [3.05, 3.63) is 0 Å². The highest BCUT2D eigenvalue weighted by atomic mass is 16.5. The Bertz CT molecular complexity index is 295. The van der Waals surface area contributed by atoms with E-state index in [1.54, 1.807) is 0 Å². The summed E-state index contributed by atoms with van der Waals surface area (Å²) in [5.74, 6) is 0. The van der Waals surface area contributed by atoms with Crippen LogP contribution >= 0.6 is 0 Å². The van der Waals surface area contributed by atoms with Crippen LogP contribution in [0, 0.1) is 0 Å². The van der Waals surface area contributed by atoms with Gasteiger partial charge in [0.1, 0.15) is 0 Å². The lowest BCUT2D eigenvalue weighted by Gasteiger charge is -2.36. The second-order valence-electron chi connectivity index (χ2n) is 7.56. The number of aliphatic hydroxyl groups is 2. The summed E-state index contributed by atoms with van der Waals surface area (Å²) in [6.45, 7) is 0. The predicted molar refractivity (Wildman–Crippen MR) is 84.7 cm³/mol. The van der Waals surface area contributed by atoms with Gasteiger partial charge in [0.05, 0.1) is 36.6 Å². The van der Waals surface area contributed by atoms with Crippen LogP contribution in [0.5, 0.6) is 0 Å². The van der Waals surface area contributed by atoms with Crippen molar-refractivity contribution in [2.75, 3.05) is 0 Å². The summed E-state index contributed by atoms with van der Waals surface area (Å²) in [7, 11) is 0. The van der Waals surface area contributed by atoms with Gasteiger partial charge in [-0.05, 0) is 77.0 Å². The predicted octanol–water partition coefficient (Wildman–Crippen LogP) is 2.94. The number of ether oxygens (including phenoxy) is 2. The van der Waals surface area contributed by atoms with E-state index < -0.39 is 0 Å². The molecule has 3 rings (SSSR count). The first kappa shape index (κ1) is 16.7. The highest BCUT2D eigenvalue weighted by Gasteiger charge is 2.30. The van der Waals surface area contributed by atoms with E-state index in [4.69, 9.17) is 9.47 Å². The molecule has 0 spiro atoms. The molecule has 0 aromatic rings. The van der Waals surface area contributed by atoms with E-state index in [-0.39, 0.29) is 24.4 Å². The first-order valence-corrected chi connectivity index (χ1v) is 9.36. The van der Waals surface area contributed by atoms with Gasteiger partial charge in [-0.15, -0.1) is 0 Å². The third-order valence-corrected chi connectivity index (χ3v) is 5.59. The molecule has 0 bridgehead atoms. The Morgan fingerprint density at radius 1 is 0.500 bits per heavy atom. The fraction of sp³-hybridized carbons (Fsp3) is 1.00. The van der Waals surface area contributed by atoms with Crippen molar-refractivity contribution >= 4 is 0 Å². The van der Waals surface area contributed by atoms with Gasteiger partial charge in [0.15, 0.2) is 0 Å². The second kappa shape index (κ2) is 8.09. The minimum absolute atomic E-state index is 0.156. The van der Waals surface area contributed by atoms with Crippen LogP contribution in [-0.2, 0) is 9.47 Å². The molecule has 0 aromatic carbocycles. The van der Waals surface area contributed by atoms with E-state index in [2.05, 4.69) is 0 Å².